The molecule has 4 aromatic heterocycles. The minimum atomic E-state index is -0.488. The first-order valence-electron chi connectivity index (χ1n) is 29.2. The number of hydrogen-bond acceptors (Lipinski definition) is 20. The second kappa shape index (κ2) is 30.3. The van der Waals surface area contributed by atoms with Crippen LogP contribution in [0, 0.1) is 0 Å². The molecule has 8 amide bonds. The highest BCUT2D eigenvalue weighted by atomic mass is 16.3. The van der Waals surface area contributed by atoms with E-state index in [1.165, 1.54) is 0 Å². The van der Waals surface area contributed by atoms with Gasteiger partial charge in [0.05, 0.1) is 101 Å². The van der Waals surface area contributed by atoms with Crippen LogP contribution in [0.2, 0.25) is 0 Å². The molecule has 4 aromatic carbocycles. The largest absolute Gasteiger partial charge is 0.395 e. The Morgan fingerprint density at radius 3 is 0.652 bits per heavy atom. The lowest BCUT2D eigenvalue weighted by Crippen LogP contribution is -2.36. The quantitative estimate of drug-likeness (QED) is 0.0332. The molecule has 92 heavy (non-hydrogen) atoms. The molecule has 4 aliphatic rings. The van der Waals surface area contributed by atoms with Gasteiger partial charge in [-0.3, -0.25) is 58.0 Å². The summed E-state index contributed by atoms with van der Waals surface area (Å²) in [5, 5.41) is 86.9. The summed E-state index contributed by atoms with van der Waals surface area (Å²) in [5.74, 6) is -3.75. The van der Waals surface area contributed by atoms with E-state index in [0.717, 1.165) is 63.2 Å². The van der Waals surface area contributed by atoms with Crippen LogP contribution < -0.4 is 21.3 Å². The summed E-state index contributed by atoms with van der Waals surface area (Å²) < 4.78 is 0. The number of aliphatic hydroxyl groups excluding tert-OH is 8. The molecule has 0 fully saturated rings. The molecule has 8 aromatic rings. The van der Waals surface area contributed by atoms with E-state index in [-0.39, 0.29) is 150 Å². The zero-order valence-corrected chi connectivity index (χ0v) is 49.5. The summed E-state index contributed by atoms with van der Waals surface area (Å²) in [5.41, 5.74) is 7.59. The van der Waals surface area contributed by atoms with Gasteiger partial charge in [-0.2, -0.15) is 0 Å². The van der Waals surface area contributed by atoms with E-state index in [0.29, 0.717) is 22.3 Å². The van der Waals surface area contributed by atoms with E-state index in [9.17, 15) is 38.4 Å². The average molecular weight is 1260 g/mol. The highest BCUT2D eigenvalue weighted by Crippen LogP contribution is 2.37. The van der Waals surface area contributed by atoms with Crippen molar-refractivity contribution >= 4 is 113 Å². The molecule has 16 N–H and O–H groups in total. The van der Waals surface area contributed by atoms with Gasteiger partial charge in [0.25, 0.3) is 47.3 Å². The fourth-order valence-corrected chi connectivity index (χ4v) is 11.0. The van der Waals surface area contributed by atoms with Gasteiger partial charge in [0.1, 0.15) is 22.8 Å². The van der Waals surface area contributed by atoms with Crippen molar-refractivity contribution in [3.63, 3.8) is 0 Å². The van der Waals surface area contributed by atoms with Crippen molar-refractivity contribution in [1.29, 1.82) is 0 Å². The summed E-state index contributed by atoms with van der Waals surface area (Å²) in [6.45, 7) is -1.45. The topological polar surface area (TPSA) is 423 Å². The third-order valence-electron chi connectivity index (χ3n) is 15.1. The predicted octanol–water partition coefficient (Wildman–Crippen LogP) is -0.712. The number of rotatable bonds is 24. The maximum absolute atomic E-state index is 12.6. The minimum absolute atomic E-state index is 0.0617. The van der Waals surface area contributed by atoms with Gasteiger partial charge in [-0.1, -0.05) is 72.8 Å². The molecule has 28 heteroatoms. The Bertz CT molecular complexity index is 3710. The smallest absolute Gasteiger partial charge is 0.277 e. The number of imide groups is 4. The number of nitrogens with zero attached hydrogens (tertiary/aromatic N) is 4. The second-order valence-electron chi connectivity index (χ2n) is 20.5. The number of aromatic nitrogens is 4. The molecule has 0 unspecified atom stereocenters. The Kier molecular flexibility index (Phi) is 21.7. The van der Waals surface area contributed by atoms with E-state index in [4.69, 9.17) is 40.9 Å². The Morgan fingerprint density at radius 2 is 0.467 bits per heavy atom. The van der Waals surface area contributed by atoms with Gasteiger partial charge in [-0.15, -0.1) is 0 Å². The SMILES string of the molecule is O=C1C(NCCO)=C(c2c[nH]c3ccccc23)C(=O)N1CCO.O=C1C(NCCO)=C(c2c[nH]c3ccccc23)C(=O)N1CCO.O=C1C(NCCO)=C(c2c[nH]c3ccccc23)C(=O)N1CCO.O=C1C(NCCO)=C(c2c[nH]c3ccccc23)C(=O)N1CCO. The van der Waals surface area contributed by atoms with E-state index < -0.39 is 47.3 Å². The maximum Gasteiger partial charge on any atom is 0.277 e. The molecule has 0 radical (unpaired) electrons. The summed E-state index contributed by atoms with van der Waals surface area (Å²) in [4.78, 5) is 117. The molecule has 0 saturated heterocycles. The van der Waals surface area contributed by atoms with E-state index in [1.807, 2.05) is 97.1 Å². The van der Waals surface area contributed by atoms with Gasteiger partial charge < -0.3 is 82.1 Å². The average Bonchev–Trinajstić information content (AvgIpc) is 1.65. The van der Waals surface area contributed by atoms with Crippen LogP contribution in [0.25, 0.3) is 65.9 Å². The molecule has 0 spiro atoms. The number of H-pyrrole nitrogens is 4. The van der Waals surface area contributed by atoms with Gasteiger partial charge in [0, 0.05) is 117 Å². The predicted molar refractivity (Wildman–Crippen MR) is 336 cm³/mol. The number of aromatic amines is 4. The molecule has 0 bridgehead atoms. The van der Waals surface area contributed by atoms with E-state index >= 15 is 0 Å². The molecule has 8 heterocycles. The van der Waals surface area contributed by atoms with Crippen LogP contribution in [0.5, 0.6) is 0 Å². The van der Waals surface area contributed by atoms with E-state index in [2.05, 4.69) is 41.2 Å². The summed E-state index contributed by atoms with van der Waals surface area (Å²) >= 11 is 0. The number of aliphatic hydroxyl groups is 8. The number of fused-ring (bicyclic) bond motifs is 4. The zero-order chi connectivity index (χ0) is 65.6. The van der Waals surface area contributed by atoms with Crippen molar-refractivity contribution in [1.82, 2.24) is 60.8 Å². The van der Waals surface area contributed by atoms with E-state index in [1.54, 1.807) is 24.8 Å². The Balaban J connectivity index is 0.000000145. The normalized spacial score (nSPS) is 15.1. The van der Waals surface area contributed by atoms with Crippen molar-refractivity contribution in [2.24, 2.45) is 0 Å². The molecule has 4 aliphatic heterocycles. The van der Waals surface area contributed by atoms with Gasteiger partial charge in [0.2, 0.25) is 0 Å². The van der Waals surface area contributed by atoms with Crippen LogP contribution in [0.15, 0.2) is 145 Å². The van der Waals surface area contributed by atoms with Gasteiger partial charge in [-0.25, -0.2) is 0 Å². The number of β-amino-alcohol motifs (C(OH)–C–C–N with tert-alkyl or cyclic N) is 4. The lowest BCUT2D eigenvalue weighted by atomic mass is 10.0. The second-order valence-corrected chi connectivity index (χ2v) is 20.5. The van der Waals surface area contributed by atoms with Crippen molar-refractivity contribution in [3.05, 3.63) is 167 Å². The molecule has 0 aliphatic carbocycles. The van der Waals surface area contributed by atoms with Gasteiger partial charge >= 0.3 is 0 Å². The van der Waals surface area contributed by atoms with Crippen LogP contribution in [0.3, 0.4) is 0 Å². The number of amides is 8. The Labute approximate surface area is 523 Å². The third kappa shape index (κ3) is 13.1. The summed E-state index contributed by atoms with van der Waals surface area (Å²) in [7, 11) is 0. The van der Waals surface area contributed by atoms with Gasteiger partial charge in [0.15, 0.2) is 0 Å². The first kappa shape index (κ1) is 65.9. The number of carbonyl (C=O) groups is 8. The lowest BCUT2D eigenvalue weighted by molar-refractivity contribution is -0.139. The number of para-hydroxylation sites is 4. The monoisotopic (exact) mass is 1260 g/mol. The number of hydrogen-bond donors (Lipinski definition) is 16. The Hall–Kier alpha value is -10.6. The standard InChI is InChI=1S/4C16H17N3O4/c4*20-7-5-17-14-13(15(22)19(6-8-21)16(14)23)11-9-18-12-4-2-1-3-10(11)12/h4*1-4,9,17-18,20-21H,5-8H2. The van der Waals surface area contributed by atoms with Crippen molar-refractivity contribution < 1.29 is 79.2 Å². The highest BCUT2D eigenvalue weighted by Gasteiger charge is 2.43. The molecule has 480 valence electrons. The van der Waals surface area contributed by atoms with Crippen molar-refractivity contribution in [2.45, 2.75) is 0 Å². The maximum atomic E-state index is 12.6. The molecule has 0 saturated carbocycles. The lowest BCUT2D eigenvalue weighted by Gasteiger charge is -2.13. The fraction of sp³-hybridized carbons (Fsp3) is 0.250. The highest BCUT2D eigenvalue weighted by molar-refractivity contribution is 6.39. The molecule has 28 nitrogen and oxygen atoms in total. The number of carbonyl (C=O) groups excluding carboxylic acids is 8. The van der Waals surface area contributed by atoms with Crippen molar-refractivity contribution in [2.75, 3.05) is 105 Å². The van der Waals surface area contributed by atoms with Crippen molar-refractivity contribution in [3.8, 4) is 0 Å². The molecule has 0 atom stereocenters. The summed E-state index contributed by atoms with van der Waals surface area (Å²) in [6.07, 6.45) is 6.75. The third-order valence-corrected chi connectivity index (χ3v) is 15.1. The molecular formula is C64H68N12O16. The Morgan fingerprint density at radius 1 is 0.272 bits per heavy atom. The van der Waals surface area contributed by atoms with Crippen LogP contribution in [0.4, 0.5) is 0 Å². The first-order valence-corrected chi connectivity index (χ1v) is 29.2. The number of benzene rings is 4. The van der Waals surface area contributed by atoms with Crippen LogP contribution in [-0.2, 0) is 38.4 Å². The zero-order valence-electron chi connectivity index (χ0n) is 49.5. The minimum Gasteiger partial charge on any atom is -0.395 e. The molecule has 12 rings (SSSR count). The first-order chi connectivity index (χ1) is 44.7. The van der Waals surface area contributed by atoms with Crippen LogP contribution >= 0.6 is 0 Å². The molecular weight excluding hydrogens is 1190 g/mol. The fourth-order valence-electron chi connectivity index (χ4n) is 11.0. The number of nitrogens with one attached hydrogen (secondary N) is 8. The summed E-state index contributed by atoms with van der Waals surface area (Å²) in [6, 6.07) is 29.9. The van der Waals surface area contributed by atoms with Crippen LogP contribution in [0.1, 0.15) is 22.3 Å². The van der Waals surface area contributed by atoms with Crippen LogP contribution in [-0.4, -0.2) is 233 Å². The van der Waals surface area contributed by atoms with Gasteiger partial charge in [-0.05, 0) is 24.3 Å².